The molecule has 1 amide bonds. The van der Waals surface area contributed by atoms with Crippen molar-refractivity contribution in [2.45, 2.75) is 46.6 Å². The number of carbonyl (C=O) groups is 1. The minimum Gasteiger partial charge on any atom is -0.374 e. The van der Waals surface area contributed by atoms with E-state index >= 15 is 0 Å². The van der Waals surface area contributed by atoms with Crippen molar-refractivity contribution in [2.75, 3.05) is 36.6 Å². The zero-order valence-corrected chi connectivity index (χ0v) is 21.6. The molecule has 0 saturated carbocycles. The number of hydrogen-bond donors (Lipinski definition) is 1. The topological polar surface area (TPSA) is 60.0 Å². The van der Waals surface area contributed by atoms with Gasteiger partial charge in [0.1, 0.15) is 0 Å². The number of amides is 1. The van der Waals surface area contributed by atoms with Gasteiger partial charge in [0.2, 0.25) is 0 Å². The van der Waals surface area contributed by atoms with Crippen LogP contribution in [0.25, 0.3) is 0 Å². The maximum absolute atomic E-state index is 11.9. The Morgan fingerprint density at radius 1 is 0.939 bits per heavy atom. The summed E-state index contributed by atoms with van der Waals surface area (Å²) in [5.41, 5.74) is 3.49. The predicted octanol–water partition coefficient (Wildman–Crippen LogP) is 6.17. The molecule has 1 N–H and O–H groups in total. The van der Waals surface area contributed by atoms with Crippen molar-refractivity contribution in [3.63, 3.8) is 0 Å². The van der Waals surface area contributed by atoms with Gasteiger partial charge in [0.15, 0.2) is 0 Å². The molecule has 0 spiro atoms. The third-order valence-corrected chi connectivity index (χ3v) is 8.89. The minimum absolute atomic E-state index is 0.137. The molecule has 0 radical (unpaired) electrons. The van der Waals surface area contributed by atoms with Crippen LogP contribution in [-0.4, -0.2) is 41.1 Å². The van der Waals surface area contributed by atoms with Crippen molar-refractivity contribution in [2.24, 2.45) is 0 Å². The molecule has 0 aliphatic rings. The van der Waals surface area contributed by atoms with Gasteiger partial charge in [0, 0.05) is 54.5 Å². The SMILES string of the molecule is C=C(C)C(=O)Nc1ccc(N(CCC(C)[Si](OCC)(OCC)OCC)c2ccccc2)cc1. The van der Waals surface area contributed by atoms with Gasteiger partial charge in [-0.05, 0) is 70.5 Å². The summed E-state index contributed by atoms with van der Waals surface area (Å²) in [5, 5.41) is 2.86. The summed E-state index contributed by atoms with van der Waals surface area (Å²) in [6.45, 7) is 16.0. The van der Waals surface area contributed by atoms with E-state index in [0.29, 0.717) is 25.4 Å². The van der Waals surface area contributed by atoms with Crippen LogP contribution in [-0.2, 0) is 18.1 Å². The van der Waals surface area contributed by atoms with Crippen LogP contribution in [0.15, 0.2) is 66.7 Å². The Balaban J connectivity index is 2.25. The van der Waals surface area contributed by atoms with Gasteiger partial charge in [-0.2, -0.15) is 0 Å². The molecule has 7 heteroatoms. The maximum Gasteiger partial charge on any atom is 0.503 e. The predicted molar refractivity (Wildman–Crippen MR) is 138 cm³/mol. The Labute approximate surface area is 199 Å². The first-order valence-electron chi connectivity index (χ1n) is 11.7. The number of nitrogens with one attached hydrogen (secondary N) is 1. The molecular formula is C26H38N2O4Si. The molecule has 0 aliphatic heterocycles. The maximum atomic E-state index is 11.9. The summed E-state index contributed by atoms with van der Waals surface area (Å²) in [5.74, 6) is -0.180. The molecule has 2 aromatic rings. The molecule has 0 aromatic heterocycles. The van der Waals surface area contributed by atoms with Crippen molar-refractivity contribution in [1.29, 1.82) is 0 Å². The minimum atomic E-state index is -2.79. The quantitative estimate of drug-likeness (QED) is 0.264. The second-order valence-corrected chi connectivity index (χ2v) is 10.9. The Morgan fingerprint density at radius 2 is 1.45 bits per heavy atom. The number of hydrogen-bond acceptors (Lipinski definition) is 5. The Morgan fingerprint density at radius 3 is 1.94 bits per heavy atom. The van der Waals surface area contributed by atoms with Crippen molar-refractivity contribution in [3.05, 3.63) is 66.7 Å². The molecule has 0 saturated heterocycles. The van der Waals surface area contributed by atoms with Crippen molar-refractivity contribution in [1.82, 2.24) is 0 Å². The van der Waals surface area contributed by atoms with Gasteiger partial charge in [-0.1, -0.05) is 31.7 Å². The van der Waals surface area contributed by atoms with E-state index in [1.807, 2.05) is 63.2 Å². The van der Waals surface area contributed by atoms with Crippen LogP contribution in [0.3, 0.4) is 0 Å². The second kappa shape index (κ2) is 13.3. The lowest BCUT2D eigenvalue weighted by atomic mass is 10.2. The van der Waals surface area contributed by atoms with Crippen LogP contribution in [0, 0.1) is 0 Å². The van der Waals surface area contributed by atoms with Crippen LogP contribution in [0.2, 0.25) is 5.54 Å². The van der Waals surface area contributed by atoms with Crippen LogP contribution < -0.4 is 10.2 Å². The molecule has 33 heavy (non-hydrogen) atoms. The lowest BCUT2D eigenvalue weighted by molar-refractivity contribution is -0.112. The number of anilines is 3. The molecule has 0 bridgehead atoms. The molecular weight excluding hydrogens is 432 g/mol. The van der Waals surface area contributed by atoms with E-state index in [4.69, 9.17) is 13.3 Å². The molecule has 1 unspecified atom stereocenters. The fourth-order valence-corrected chi connectivity index (χ4v) is 6.43. The third-order valence-electron chi connectivity index (χ3n) is 5.32. The monoisotopic (exact) mass is 470 g/mol. The fourth-order valence-electron chi connectivity index (χ4n) is 3.63. The smallest absolute Gasteiger partial charge is 0.374 e. The number of rotatable bonds is 14. The van der Waals surface area contributed by atoms with Crippen molar-refractivity contribution in [3.8, 4) is 0 Å². The lowest BCUT2D eigenvalue weighted by Crippen LogP contribution is -2.50. The number of para-hydroxylation sites is 1. The molecule has 180 valence electrons. The van der Waals surface area contributed by atoms with Crippen LogP contribution >= 0.6 is 0 Å². The Hall–Kier alpha value is -2.45. The number of nitrogens with zero attached hydrogens (tertiary/aromatic N) is 1. The average molecular weight is 471 g/mol. The number of carbonyl (C=O) groups excluding carboxylic acids is 1. The van der Waals surface area contributed by atoms with Gasteiger partial charge in [-0.3, -0.25) is 4.79 Å². The van der Waals surface area contributed by atoms with Gasteiger partial charge in [-0.15, -0.1) is 0 Å². The average Bonchev–Trinajstić information content (AvgIpc) is 2.81. The zero-order chi connectivity index (χ0) is 24.3. The summed E-state index contributed by atoms with van der Waals surface area (Å²) in [6.07, 6.45) is 0.843. The second-order valence-electron chi connectivity index (χ2n) is 7.86. The van der Waals surface area contributed by atoms with Gasteiger partial charge in [0.25, 0.3) is 5.91 Å². The highest BCUT2D eigenvalue weighted by Crippen LogP contribution is 2.32. The first kappa shape index (κ1) is 26.8. The molecule has 1 atom stereocenters. The summed E-state index contributed by atoms with van der Waals surface area (Å²) in [4.78, 5) is 14.2. The van der Waals surface area contributed by atoms with Gasteiger partial charge >= 0.3 is 8.80 Å². The van der Waals surface area contributed by atoms with E-state index in [9.17, 15) is 4.79 Å². The molecule has 2 aromatic carbocycles. The molecule has 0 aliphatic carbocycles. The van der Waals surface area contributed by atoms with E-state index in [-0.39, 0.29) is 11.4 Å². The molecule has 0 heterocycles. The first-order chi connectivity index (χ1) is 15.9. The van der Waals surface area contributed by atoms with Crippen LogP contribution in [0.4, 0.5) is 17.1 Å². The number of benzene rings is 2. The van der Waals surface area contributed by atoms with Gasteiger partial charge < -0.3 is 23.5 Å². The van der Waals surface area contributed by atoms with E-state index in [1.165, 1.54) is 0 Å². The summed E-state index contributed by atoms with van der Waals surface area (Å²) >= 11 is 0. The highest BCUT2D eigenvalue weighted by atomic mass is 28.4. The zero-order valence-electron chi connectivity index (χ0n) is 20.6. The molecule has 6 nitrogen and oxygen atoms in total. The van der Waals surface area contributed by atoms with E-state index < -0.39 is 8.80 Å². The van der Waals surface area contributed by atoms with Crippen molar-refractivity contribution >= 4 is 31.8 Å². The normalized spacial score (nSPS) is 12.3. The van der Waals surface area contributed by atoms with E-state index in [1.54, 1.807) is 6.92 Å². The van der Waals surface area contributed by atoms with E-state index in [0.717, 1.165) is 30.0 Å². The molecule has 0 fully saturated rings. The van der Waals surface area contributed by atoms with E-state index in [2.05, 4.69) is 35.9 Å². The fraction of sp³-hybridized carbons (Fsp3) is 0.423. The van der Waals surface area contributed by atoms with Crippen LogP contribution in [0.1, 0.15) is 41.0 Å². The Bertz CT molecular complexity index is 857. The lowest BCUT2D eigenvalue weighted by Gasteiger charge is -2.35. The highest BCUT2D eigenvalue weighted by Gasteiger charge is 2.46. The van der Waals surface area contributed by atoms with Crippen molar-refractivity contribution < 1.29 is 18.1 Å². The van der Waals surface area contributed by atoms with Gasteiger partial charge in [-0.25, -0.2) is 0 Å². The van der Waals surface area contributed by atoms with Crippen LogP contribution in [0.5, 0.6) is 0 Å². The summed E-state index contributed by atoms with van der Waals surface area (Å²) in [7, 11) is -2.79. The first-order valence-corrected chi connectivity index (χ1v) is 13.5. The molecule has 2 rings (SSSR count). The standard InChI is InChI=1S/C26H38N2O4Si/c1-7-30-33(31-8-2,32-9-3)22(6)19-20-28(24-13-11-10-12-14-24)25-17-15-23(16-18-25)27-26(29)21(4)5/h10-18,22H,4,7-9,19-20H2,1-3,5-6H3,(H,27,29). The third kappa shape index (κ3) is 7.54. The van der Waals surface area contributed by atoms with Gasteiger partial charge in [0.05, 0.1) is 0 Å². The summed E-state index contributed by atoms with van der Waals surface area (Å²) in [6, 6.07) is 18.1. The largest absolute Gasteiger partial charge is 0.503 e. The summed E-state index contributed by atoms with van der Waals surface area (Å²) < 4.78 is 18.3. The Kier molecular flexibility index (Phi) is 10.8. The highest BCUT2D eigenvalue weighted by molar-refractivity contribution is 6.62.